The highest BCUT2D eigenvalue weighted by atomic mass is 16.7. The fourth-order valence-corrected chi connectivity index (χ4v) is 4.18. The first-order chi connectivity index (χ1) is 16.5. The minimum atomic E-state index is -0.933. The molecule has 0 spiro atoms. The number of benzene rings is 1. The number of hydrogen-bond donors (Lipinski definition) is 2. The molecule has 10 nitrogen and oxygen atoms in total. The Kier molecular flexibility index (Phi) is 6.22. The monoisotopic (exact) mass is 467 g/mol. The average Bonchev–Trinajstić information content (AvgIpc) is 3.35. The Morgan fingerprint density at radius 1 is 1.18 bits per heavy atom. The predicted octanol–water partition coefficient (Wildman–Crippen LogP) is 2.55. The lowest BCUT2D eigenvalue weighted by atomic mass is 9.91. The fraction of sp³-hybridized carbons (Fsp3) is 0.375. The molecule has 0 saturated carbocycles. The quantitative estimate of drug-likeness (QED) is 0.514. The smallest absolute Gasteiger partial charge is 0.303 e. The molecule has 0 radical (unpaired) electrons. The van der Waals surface area contributed by atoms with E-state index in [-0.39, 0.29) is 31.1 Å². The number of nitrogens with zero attached hydrogens (tertiary/aromatic N) is 2. The Balaban J connectivity index is 1.29. The fourth-order valence-electron chi connectivity index (χ4n) is 4.18. The van der Waals surface area contributed by atoms with Crippen molar-refractivity contribution in [1.82, 2.24) is 9.72 Å². The molecule has 1 atom stereocenters. The topological polar surface area (TPSA) is 125 Å². The minimum absolute atomic E-state index is 0.107. The summed E-state index contributed by atoms with van der Waals surface area (Å²) in [5, 5.41) is 12.7. The van der Waals surface area contributed by atoms with Gasteiger partial charge in [0.05, 0.1) is 26.2 Å². The maximum absolute atomic E-state index is 12.5. The van der Waals surface area contributed by atoms with Gasteiger partial charge in [-0.05, 0) is 23.8 Å². The third-order valence-electron chi connectivity index (χ3n) is 5.90. The van der Waals surface area contributed by atoms with Crippen LogP contribution >= 0.6 is 0 Å². The van der Waals surface area contributed by atoms with Gasteiger partial charge in [-0.25, -0.2) is 4.98 Å². The van der Waals surface area contributed by atoms with Crippen molar-refractivity contribution in [3.05, 3.63) is 69.3 Å². The van der Waals surface area contributed by atoms with Crippen LogP contribution in [0.5, 0.6) is 11.5 Å². The number of aliphatic carboxylic acids is 1. The van der Waals surface area contributed by atoms with Crippen LogP contribution in [0.25, 0.3) is 0 Å². The van der Waals surface area contributed by atoms with Gasteiger partial charge in [-0.15, -0.1) is 0 Å². The number of aryl methyl sites for hydroxylation is 2. The van der Waals surface area contributed by atoms with Gasteiger partial charge in [0.25, 0.3) is 5.56 Å². The molecule has 2 aliphatic heterocycles. The molecule has 34 heavy (non-hydrogen) atoms. The van der Waals surface area contributed by atoms with Crippen LogP contribution in [-0.2, 0) is 35.5 Å². The minimum Gasteiger partial charge on any atom is -0.481 e. The van der Waals surface area contributed by atoms with Gasteiger partial charge in [0, 0.05) is 42.6 Å². The third kappa shape index (κ3) is 4.91. The number of carboxylic acids is 1. The van der Waals surface area contributed by atoms with Crippen molar-refractivity contribution >= 4 is 11.8 Å². The number of hydrogen-bond acceptors (Lipinski definition) is 8. The summed E-state index contributed by atoms with van der Waals surface area (Å²) in [5.41, 5.74) is 2.36. The zero-order chi connectivity index (χ0) is 23.5. The number of carboxylic acid groups (broad SMARTS) is 1. The summed E-state index contributed by atoms with van der Waals surface area (Å²) in [4.78, 5) is 28.6. The molecule has 1 aromatic carbocycles. The van der Waals surface area contributed by atoms with Crippen LogP contribution in [0.2, 0.25) is 0 Å². The molecule has 1 unspecified atom stereocenters. The zero-order valence-electron chi connectivity index (χ0n) is 18.5. The second-order valence-electron chi connectivity index (χ2n) is 8.29. The summed E-state index contributed by atoms with van der Waals surface area (Å²) in [6.45, 7) is 2.33. The first-order valence-corrected chi connectivity index (χ1v) is 11.2. The molecule has 0 amide bonds. The van der Waals surface area contributed by atoms with Crippen LogP contribution in [0.4, 0.5) is 5.82 Å². The van der Waals surface area contributed by atoms with E-state index in [1.54, 1.807) is 12.1 Å². The highest BCUT2D eigenvalue weighted by Gasteiger charge is 2.22. The number of aromatic nitrogens is 2. The summed E-state index contributed by atoms with van der Waals surface area (Å²) in [6, 6.07) is 10.7. The molecular weight excluding hydrogens is 442 g/mol. The second kappa shape index (κ2) is 9.60. The van der Waals surface area contributed by atoms with Crippen LogP contribution in [0.3, 0.4) is 0 Å². The Hall–Kier alpha value is -3.79. The van der Waals surface area contributed by atoms with Crippen molar-refractivity contribution in [3.8, 4) is 11.5 Å². The van der Waals surface area contributed by atoms with E-state index < -0.39 is 5.97 Å². The molecule has 0 saturated heterocycles. The molecule has 3 aromatic rings. The lowest BCUT2D eigenvalue weighted by molar-refractivity contribution is -0.137. The van der Waals surface area contributed by atoms with Gasteiger partial charge in [0.1, 0.15) is 11.6 Å². The van der Waals surface area contributed by atoms with E-state index in [2.05, 4.69) is 10.3 Å². The summed E-state index contributed by atoms with van der Waals surface area (Å²) in [7, 11) is 0. The standard InChI is InChI=1S/C24H25N3O7/c28-22-12-19(9-17(11-23(29)30)15-2-4-20-21(10-15)33-14-32-20)34-27(22)7-5-18-3-1-16-13-31-8-6-25-24(16)26-18/h1-4,10,12,17H,5-9,11,13-14H2,(H,25,26)(H,29,30). The average molecular weight is 467 g/mol. The molecular formula is C24H25N3O7. The Morgan fingerprint density at radius 3 is 2.94 bits per heavy atom. The maximum atomic E-state index is 12.5. The number of anilines is 1. The van der Waals surface area contributed by atoms with Crippen molar-refractivity contribution in [2.24, 2.45) is 0 Å². The van der Waals surface area contributed by atoms with Gasteiger partial charge in [0.2, 0.25) is 6.79 Å². The van der Waals surface area contributed by atoms with Crippen molar-refractivity contribution in [2.75, 3.05) is 25.3 Å². The Bertz CT molecular complexity index is 1250. The molecule has 4 heterocycles. The van der Waals surface area contributed by atoms with Crippen molar-refractivity contribution < 1.29 is 28.6 Å². The number of rotatable bonds is 8. The number of fused-ring (bicyclic) bond motifs is 2. The first-order valence-electron chi connectivity index (χ1n) is 11.2. The maximum Gasteiger partial charge on any atom is 0.303 e. The van der Waals surface area contributed by atoms with E-state index in [0.29, 0.717) is 50.0 Å². The molecule has 5 rings (SSSR count). The van der Waals surface area contributed by atoms with E-state index in [0.717, 1.165) is 22.6 Å². The molecule has 2 aromatic heterocycles. The summed E-state index contributed by atoms with van der Waals surface area (Å²) in [6.07, 6.45) is 0.683. The molecule has 0 fully saturated rings. The summed E-state index contributed by atoms with van der Waals surface area (Å²) >= 11 is 0. The largest absolute Gasteiger partial charge is 0.481 e. The molecule has 0 aliphatic carbocycles. The van der Waals surface area contributed by atoms with Crippen molar-refractivity contribution in [1.29, 1.82) is 0 Å². The molecule has 0 bridgehead atoms. The van der Waals surface area contributed by atoms with E-state index in [1.165, 1.54) is 10.8 Å². The van der Waals surface area contributed by atoms with Crippen LogP contribution in [0, 0.1) is 0 Å². The van der Waals surface area contributed by atoms with Gasteiger partial charge in [-0.3, -0.25) is 9.59 Å². The van der Waals surface area contributed by atoms with E-state index in [4.69, 9.17) is 18.7 Å². The van der Waals surface area contributed by atoms with Gasteiger partial charge < -0.3 is 29.2 Å². The summed E-state index contributed by atoms with van der Waals surface area (Å²) < 4.78 is 23.3. The molecule has 178 valence electrons. The number of pyridine rings is 1. The summed E-state index contributed by atoms with van der Waals surface area (Å²) in [5.74, 6) is 1.14. The number of nitrogens with one attached hydrogen (secondary N) is 1. The SMILES string of the molecule is O=C(O)CC(Cc1cc(=O)n(CCc2ccc3c(n2)NCCOC3)o1)c1ccc2c(c1)OCO2. The normalized spacial score (nSPS) is 15.3. The van der Waals surface area contributed by atoms with Crippen LogP contribution < -0.4 is 20.3 Å². The van der Waals surface area contributed by atoms with Gasteiger partial charge in [0.15, 0.2) is 11.5 Å². The highest BCUT2D eigenvalue weighted by Crippen LogP contribution is 2.36. The third-order valence-corrected chi connectivity index (χ3v) is 5.90. The lowest BCUT2D eigenvalue weighted by Crippen LogP contribution is -2.15. The molecule has 2 aliphatic rings. The van der Waals surface area contributed by atoms with Gasteiger partial charge >= 0.3 is 5.97 Å². The predicted molar refractivity (Wildman–Crippen MR) is 120 cm³/mol. The van der Waals surface area contributed by atoms with E-state index >= 15 is 0 Å². The van der Waals surface area contributed by atoms with Crippen LogP contribution in [-0.4, -0.2) is 40.7 Å². The number of carbonyl (C=O) groups is 1. The van der Waals surface area contributed by atoms with Crippen LogP contribution in [0.15, 0.2) is 45.7 Å². The Morgan fingerprint density at radius 2 is 2.06 bits per heavy atom. The first kappa shape index (κ1) is 22.0. The van der Waals surface area contributed by atoms with Gasteiger partial charge in [-0.2, -0.15) is 4.74 Å². The molecule has 2 N–H and O–H groups in total. The zero-order valence-corrected chi connectivity index (χ0v) is 18.5. The lowest BCUT2D eigenvalue weighted by Gasteiger charge is -2.14. The van der Waals surface area contributed by atoms with E-state index in [1.807, 2.05) is 18.2 Å². The van der Waals surface area contributed by atoms with Crippen LogP contribution in [0.1, 0.15) is 34.9 Å². The molecule has 10 heteroatoms. The van der Waals surface area contributed by atoms with E-state index in [9.17, 15) is 14.7 Å². The highest BCUT2D eigenvalue weighted by molar-refractivity contribution is 5.68. The second-order valence-corrected chi connectivity index (χ2v) is 8.29. The van der Waals surface area contributed by atoms with Gasteiger partial charge in [-0.1, -0.05) is 12.1 Å². The Labute approximate surface area is 195 Å². The number of ether oxygens (including phenoxy) is 3. The van der Waals surface area contributed by atoms with Crippen molar-refractivity contribution in [3.63, 3.8) is 0 Å². The van der Waals surface area contributed by atoms with Crippen molar-refractivity contribution in [2.45, 2.75) is 38.3 Å².